The zero-order valence-corrected chi connectivity index (χ0v) is 9.80. The molecule has 2 rings (SSSR count). The molecule has 5 nitrogen and oxygen atoms in total. The van der Waals surface area contributed by atoms with Gasteiger partial charge in [-0.3, -0.25) is 9.78 Å². The van der Waals surface area contributed by atoms with Crippen LogP contribution in [0.2, 0.25) is 0 Å². The van der Waals surface area contributed by atoms with E-state index in [0.29, 0.717) is 5.92 Å². The highest BCUT2D eigenvalue weighted by Crippen LogP contribution is 2.26. The van der Waals surface area contributed by atoms with Crippen LogP contribution < -0.4 is 16.0 Å². The fraction of sp³-hybridized carbons (Fsp3) is 0.500. The largest absolute Gasteiger partial charge is 0.396 e. The van der Waals surface area contributed by atoms with Crippen LogP contribution in [0.5, 0.6) is 0 Å². The van der Waals surface area contributed by atoms with Crippen LogP contribution in [0.4, 0.5) is 11.4 Å². The second kappa shape index (κ2) is 5.52. The van der Waals surface area contributed by atoms with Gasteiger partial charge < -0.3 is 16.0 Å². The lowest BCUT2D eigenvalue weighted by molar-refractivity contribution is -0.109. The minimum absolute atomic E-state index is 0.583. The zero-order valence-electron chi connectivity index (χ0n) is 9.80. The summed E-state index contributed by atoms with van der Waals surface area (Å²) in [4.78, 5) is 16.5. The van der Waals surface area contributed by atoms with Gasteiger partial charge >= 0.3 is 0 Å². The number of nitrogens with two attached hydrogens (primary N) is 1. The number of carbonyl (C=O) groups excluding carboxylic acids is 1. The number of hydrogen-bond acceptors (Lipinski definition) is 4. The minimum Gasteiger partial charge on any atom is -0.396 e. The van der Waals surface area contributed by atoms with E-state index >= 15 is 0 Å². The molecular formula is C12H18N4O. The van der Waals surface area contributed by atoms with E-state index in [4.69, 9.17) is 5.73 Å². The van der Waals surface area contributed by atoms with Crippen molar-refractivity contribution in [2.75, 3.05) is 30.3 Å². The predicted octanol–water partition coefficient (Wildman–Crippen LogP) is 0.626. The standard InChI is InChI=1S/C12H18N4O/c13-11-8-14-4-1-12(11)16-5-2-10(3-6-16)7-15-9-17/h1,4,8-10H,2-3,5-7,13H2,(H,15,17). The minimum atomic E-state index is 0.583. The van der Waals surface area contributed by atoms with Crippen LogP contribution in [-0.2, 0) is 4.79 Å². The van der Waals surface area contributed by atoms with Gasteiger partial charge in [0.25, 0.3) is 0 Å². The number of piperidine rings is 1. The third-order valence-electron chi connectivity index (χ3n) is 3.27. The van der Waals surface area contributed by atoms with Crippen LogP contribution in [-0.4, -0.2) is 31.0 Å². The van der Waals surface area contributed by atoms with Gasteiger partial charge in [0.1, 0.15) is 0 Å². The van der Waals surface area contributed by atoms with E-state index in [0.717, 1.165) is 50.3 Å². The molecule has 0 saturated carbocycles. The molecule has 17 heavy (non-hydrogen) atoms. The molecule has 0 bridgehead atoms. The first-order chi connectivity index (χ1) is 8.31. The molecule has 0 atom stereocenters. The molecule has 1 aliphatic rings. The number of anilines is 2. The van der Waals surface area contributed by atoms with E-state index in [-0.39, 0.29) is 0 Å². The topological polar surface area (TPSA) is 71.2 Å². The first-order valence-electron chi connectivity index (χ1n) is 5.92. The molecule has 1 aromatic rings. The van der Waals surface area contributed by atoms with Gasteiger partial charge in [-0.1, -0.05) is 0 Å². The van der Waals surface area contributed by atoms with E-state index in [1.165, 1.54) is 0 Å². The van der Waals surface area contributed by atoms with E-state index in [9.17, 15) is 4.79 Å². The second-order valence-electron chi connectivity index (χ2n) is 4.39. The van der Waals surface area contributed by atoms with Crippen LogP contribution in [0.1, 0.15) is 12.8 Å². The van der Waals surface area contributed by atoms with Crippen molar-refractivity contribution >= 4 is 17.8 Å². The number of carbonyl (C=O) groups is 1. The summed E-state index contributed by atoms with van der Waals surface area (Å²) in [5, 5.41) is 2.75. The molecule has 1 aromatic heterocycles. The summed E-state index contributed by atoms with van der Waals surface area (Å²) in [6, 6.07) is 1.96. The maximum atomic E-state index is 10.2. The number of rotatable bonds is 4. The average molecular weight is 234 g/mol. The molecule has 3 N–H and O–H groups in total. The van der Waals surface area contributed by atoms with Gasteiger partial charge in [0.2, 0.25) is 6.41 Å². The second-order valence-corrected chi connectivity index (χ2v) is 4.39. The Kier molecular flexibility index (Phi) is 3.80. The summed E-state index contributed by atoms with van der Waals surface area (Å²) in [6.45, 7) is 2.75. The highest BCUT2D eigenvalue weighted by Gasteiger charge is 2.20. The Balaban J connectivity index is 1.91. The molecule has 1 aliphatic heterocycles. The van der Waals surface area contributed by atoms with Gasteiger partial charge in [-0.05, 0) is 24.8 Å². The Labute approximate surface area is 101 Å². The van der Waals surface area contributed by atoms with Gasteiger partial charge in [-0.2, -0.15) is 0 Å². The maximum absolute atomic E-state index is 10.2. The van der Waals surface area contributed by atoms with Gasteiger partial charge in [0, 0.05) is 25.8 Å². The molecule has 1 saturated heterocycles. The van der Waals surface area contributed by atoms with Gasteiger partial charge in [0.15, 0.2) is 0 Å². The first-order valence-corrected chi connectivity index (χ1v) is 5.92. The van der Waals surface area contributed by atoms with Gasteiger partial charge in [0.05, 0.1) is 17.6 Å². The number of hydrogen-bond donors (Lipinski definition) is 2. The van der Waals surface area contributed by atoms with Crippen molar-refractivity contribution in [3.05, 3.63) is 18.5 Å². The van der Waals surface area contributed by atoms with Crippen molar-refractivity contribution in [1.82, 2.24) is 10.3 Å². The summed E-state index contributed by atoms with van der Waals surface area (Å²) >= 11 is 0. The lowest BCUT2D eigenvalue weighted by atomic mass is 9.96. The van der Waals surface area contributed by atoms with Crippen molar-refractivity contribution in [3.63, 3.8) is 0 Å². The number of nitrogens with zero attached hydrogens (tertiary/aromatic N) is 2. The van der Waals surface area contributed by atoms with E-state index in [1.807, 2.05) is 6.07 Å². The summed E-state index contributed by atoms with van der Waals surface area (Å²) in [7, 11) is 0. The van der Waals surface area contributed by atoms with Crippen LogP contribution >= 0.6 is 0 Å². The van der Waals surface area contributed by atoms with Crippen molar-refractivity contribution in [2.24, 2.45) is 5.92 Å². The summed E-state index contributed by atoms with van der Waals surface area (Å²) in [6.07, 6.45) is 6.40. The molecule has 0 radical (unpaired) electrons. The van der Waals surface area contributed by atoms with Crippen LogP contribution in [0.15, 0.2) is 18.5 Å². The number of aromatic nitrogens is 1. The third-order valence-corrected chi connectivity index (χ3v) is 3.27. The maximum Gasteiger partial charge on any atom is 0.207 e. The van der Waals surface area contributed by atoms with Crippen molar-refractivity contribution < 1.29 is 4.79 Å². The van der Waals surface area contributed by atoms with Gasteiger partial charge in [-0.25, -0.2) is 0 Å². The molecule has 2 heterocycles. The molecule has 5 heteroatoms. The summed E-state index contributed by atoms with van der Waals surface area (Å²) < 4.78 is 0. The summed E-state index contributed by atoms with van der Waals surface area (Å²) in [5.41, 5.74) is 7.71. The van der Waals surface area contributed by atoms with Gasteiger partial charge in [-0.15, -0.1) is 0 Å². The van der Waals surface area contributed by atoms with Crippen molar-refractivity contribution in [3.8, 4) is 0 Å². The Morgan fingerprint density at radius 1 is 1.53 bits per heavy atom. The van der Waals surface area contributed by atoms with E-state index < -0.39 is 0 Å². The zero-order chi connectivity index (χ0) is 12.1. The lowest BCUT2D eigenvalue weighted by Gasteiger charge is -2.34. The van der Waals surface area contributed by atoms with E-state index in [2.05, 4.69) is 15.2 Å². The van der Waals surface area contributed by atoms with E-state index in [1.54, 1.807) is 12.4 Å². The number of nitrogen functional groups attached to an aromatic ring is 1. The average Bonchev–Trinajstić information content (AvgIpc) is 2.38. The fourth-order valence-electron chi connectivity index (χ4n) is 2.28. The van der Waals surface area contributed by atoms with Crippen molar-refractivity contribution in [2.45, 2.75) is 12.8 Å². The Morgan fingerprint density at radius 2 is 2.29 bits per heavy atom. The van der Waals surface area contributed by atoms with Crippen LogP contribution in [0.3, 0.4) is 0 Å². The normalized spacial score (nSPS) is 16.8. The highest BCUT2D eigenvalue weighted by molar-refractivity contribution is 5.66. The molecule has 0 unspecified atom stereocenters. The first kappa shape index (κ1) is 11.7. The molecule has 1 fully saturated rings. The number of nitrogens with one attached hydrogen (secondary N) is 1. The van der Waals surface area contributed by atoms with Crippen molar-refractivity contribution in [1.29, 1.82) is 0 Å². The monoisotopic (exact) mass is 234 g/mol. The molecule has 0 aromatic carbocycles. The Hall–Kier alpha value is -1.78. The number of pyridine rings is 1. The Morgan fingerprint density at radius 3 is 2.94 bits per heavy atom. The SMILES string of the molecule is Nc1cnccc1N1CCC(CNC=O)CC1. The summed E-state index contributed by atoms with van der Waals surface area (Å²) in [5.74, 6) is 0.583. The van der Waals surface area contributed by atoms with Crippen LogP contribution in [0.25, 0.3) is 0 Å². The molecular weight excluding hydrogens is 216 g/mol. The van der Waals surface area contributed by atoms with Crippen LogP contribution in [0, 0.1) is 5.92 Å². The predicted molar refractivity (Wildman–Crippen MR) is 67.7 cm³/mol. The number of amides is 1. The lowest BCUT2D eigenvalue weighted by Crippen LogP contribution is -2.37. The fourth-order valence-corrected chi connectivity index (χ4v) is 2.28. The highest BCUT2D eigenvalue weighted by atomic mass is 16.1. The molecule has 92 valence electrons. The third kappa shape index (κ3) is 2.87. The molecule has 0 spiro atoms. The Bertz CT molecular complexity index is 375. The smallest absolute Gasteiger partial charge is 0.207 e. The quantitative estimate of drug-likeness (QED) is 0.749. The molecule has 0 aliphatic carbocycles. The molecule has 1 amide bonds.